The van der Waals surface area contributed by atoms with Gasteiger partial charge in [-0.2, -0.15) is 18.3 Å². The Morgan fingerprint density at radius 2 is 1.83 bits per heavy atom. The Morgan fingerprint density at radius 3 is 2.41 bits per heavy atom. The number of aryl methyl sites for hydroxylation is 1. The molecule has 2 aromatic rings. The van der Waals surface area contributed by atoms with E-state index in [4.69, 9.17) is 0 Å². The highest BCUT2D eigenvalue weighted by atomic mass is 127. The Balaban J connectivity index is 0.00000300. The lowest BCUT2D eigenvalue weighted by atomic mass is 10.2. The Hall–Kier alpha value is -2.05. The second-order valence-corrected chi connectivity index (χ2v) is 6.50. The lowest BCUT2D eigenvalue weighted by Gasteiger charge is -2.37. The molecule has 0 unspecified atom stereocenters. The average Bonchev–Trinajstić information content (AvgIpc) is 3.04. The number of rotatable bonds is 3. The van der Waals surface area contributed by atoms with Gasteiger partial charge in [-0.3, -0.25) is 9.67 Å². The Bertz CT molecular complexity index is 843. The van der Waals surface area contributed by atoms with E-state index < -0.39 is 11.9 Å². The molecule has 160 valence electrons. The zero-order chi connectivity index (χ0) is 20.3. The van der Waals surface area contributed by atoms with E-state index in [-0.39, 0.29) is 41.9 Å². The molecular weight excluding hydrogens is 503 g/mol. The third-order valence-corrected chi connectivity index (χ3v) is 4.59. The molecule has 0 amide bonds. The molecule has 1 aromatic carbocycles. The van der Waals surface area contributed by atoms with E-state index in [9.17, 15) is 17.6 Å². The second kappa shape index (κ2) is 9.63. The molecule has 29 heavy (non-hydrogen) atoms. The van der Waals surface area contributed by atoms with Gasteiger partial charge in [-0.1, -0.05) is 12.1 Å². The summed E-state index contributed by atoms with van der Waals surface area (Å²) in [5.41, 5.74) is -0.293. The number of halogens is 5. The number of anilines is 1. The fourth-order valence-corrected chi connectivity index (χ4v) is 3.28. The Kier molecular flexibility index (Phi) is 7.72. The van der Waals surface area contributed by atoms with Gasteiger partial charge >= 0.3 is 6.18 Å². The van der Waals surface area contributed by atoms with Crippen molar-refractivity contribution >= 4 is 35.6 Å². The van der Waals surface area contributed by atoms with Crippen LogP contribution < -0.4 is 10.2 Å². The molecule has 11 heteroatoms. The average molecular weight is 526 g/mol. The molecule has 3 rings (SSSR count). The summed E-state index contributed by atoms with van der Waals surface area (Å²) >= 11 is 0. The van der Waals surface area contributed by atoms with Crippen molar-refractivity contribution in [1.29, 1.82) is 0 Å². The Morgan fingerprint density at radius 1 is 1.17 bits per heavy atom. The maximum absolute atomic E-state index is 13.9. The first kappa shape index (κ1) is 23.2. The second-order valence-electron chi connectivity index (χ2n) is 6.50. The van der Waals surface area contributed by atoms with Crippen LogP contribution in [0.5, 0.6) is 0 Å². The van der Waals surface area contributed by atoms with Crippen LogP contribution in [0.3, 0.4) is 0 Å². The van der Waals surface area contributed by atoms with Crippen molar-refractivity contribution in [3.63, 3.8) is 0 Å². The fraction of sp³-hybridized carbons (Fsp3) is 0.444. The van der Waals surface area contributed by atoms with E-state index in [1.54, 1.807) is 25.2 Å². The van der Waals surface area contributed by atoms with E-state index >= 15 is 0 Å². The van der Waals surface area contributed by atoms with E-state index in [0.717, 1.165) is 4.68 Å². The van der Waals surface area contributed by atoms with Crippen LogP contribution in [0.1, 0.15) is 11.3 Å². The van der Waals surface area contributed by atoms with Gasteiger partial charge in [0, 0.05) is 58.6 Å². The minimum Gasteiger partial charge on any atom is -0.366 e. The number of hydrogen-bond donors (Lipinski definition) is 1. The van der Waals surface area contributed by atoms with Crippen LogP contribution in [0, 0.1) is 5.82 Å². The summed E-state index contributed by atoms with van der Waals surface area (Å²) in [6, 6.07) is 6.60. The molecule has 1 aliphatic heterocycles. The molecule has 0 bridgehead atoms. The first-order valence-corrected chi connectivity index (χ1v) is 8.84. The van der Waals surface area contributed by atoms with Crippen LogP contribution in [0.2, 0.25) is 0 Å². The Labute approximate surface area is 183 Å². The van der Waals surface area contributed by atoms with Crippen molar-refractivity contribution in [2.75, 3.05) is 38.1 Å². The van der Waals surface area contributed by atoms with Gasteiger partial charge in [0.15, 0.2) is 11.7 Å². The molecule has 6 nitrogen and oxygen atoms in total. The number of nitrogens with one attached hydrogen (secondary N) is 1. The summed E-state index contributed by atoms with van der Waals surface area (Å²) in [5, 5.41) is 6.48. The van der Waals surface area contributed by atoms with Crippen molar-refractivity contribution in [2.24, 2.45) is 12.0 Å². The number of piperazine rings is 1. The van der Waals surface area contributed by atoms with Crippen molar-refractivity contribution in [3.05, 3.63) is 47.5 Å². The maximum Gasteiger partial charge on any atom is 0.435 e. The summed E-state index contributed by atoms with van der Waals surface area (Å²) < 4.78 is 54.3. The highest BCUT2D eigenvalue weighted by Gasteiger charge is 2.37. The number of benzene rings is 1. The number of alkyl halides is 3. The number of aromatic nitrogens is 2. The van der Waals surface area contributed by atoms with E-state index in [0.29, 0.717) is 37.8 Å². The number of hydrogen-bond acceptors (Lipinski definition) is 3. The maximum atomic E-state index is 13.9. The van der Waals surface area contributed by atoms with Gasteiger partial charge in [0.05, 0.1) is 5.69 Å². The van der Waals surface area contributed by atoms with Crippen LogP contribution in [0.4, 0.5) is 23.2 Å². The lowest BCUT2D eigenvalue weighted by Crippen LogP contribution is -2.52. The van der Waals surface area contributed by atoms with E-state index in [2.05, 4.69) is 15.4 Å². The lowest BCUT2D eigenvalue weighted by molar-refractivity contribution is -0.142. The van der Waals surface area contributed by atoms with Crippen LogP contribution in [-0.4, -0.2) is 53.9 Å². The highest BCUT2D eigenvalue weighted by Crippen LogP contribution is 2.30. The summed E-state index contributed by atoms with van der Waals surface area (Å²) in [6.45, 7) is 2.29. The van der Waals surface area contributed by atoms with Crippen LogP contribution in [0.15, 0.2) is 35.5 Å². The smallest absolute Gasteiger partial charge is 0.366 e. The fourth-order valence-electron chi connectivity index (χ4n) is 3.28. The molecule has 1 aliphatic rings. The van der Waals surface area contributed by atoms with Gasteiger partial charge < -0.3 is 15.1 Å². The first-order valence-electron chi connectivity index (χ1n) is 8.84. The van der Waals surface area contributed by atoms with Crippen molar-refractivity contribution in [3.8, 4) is 0 Å². The standard InChI is InChI=1S/C18H22F4N6.HI/c1-23-17(24-11-13-12-26(2)25-16(13)18(20,21)22)28-9-7-27(8-10-28)15-6-4-3-5-14(15)19;/h3-6,12H,7-11H2,1-2H3,(H,23,24);1H. The monoisotopic (exact) mass is 526 g/mol. The molecule has 0 spiro atoms. The first-order chi connectivity index (χ1) is 13.3. The molecule has 0 atom stereocenters. The number of guanidine groups is 1. The zero-order valence-corrected chi connectivity index (χ0v) is 18.4. The van der Waals surface area contributed by atoms with Gasteiger partial charge in [-0.15, -0.1) is 24.0 Å². The predicted molar refractivity (Wildman–Crippen MR) is 114 cm³/mol. The molecule has 0 radical (unpaired) electrons. The highest BCUT2D eigenvalue weighted by molar-refractivity contribution is 14.0. The van der Waals surface area contributed by atoms with Crippen molar-refractivity contribution in [1.82, 2.24) is 20.0 Å². The molecule has 1 saturated heterocycles. The summed E-state index contributed by atoms with van der Waals surface area (Å²) in [6.07, 6.45) is -3.16. The van der Waals surface area contributed by atoms with Crippen molar-refractivity contribution in [2.45, 2.75) is 12.7 Å². The van der Waals surface area contributed by atoms with Crippen molar-refractivity contribution < 1.29 is 17.6 Å². The third kappa shape index (κ3) is 5.52. The van der Waals surface area contributed by atoms with Crippen LogP contribution in [-0.2, 0) is 19.8 Å². The number of aliphatic imine (C=N–C) groups is 1. The normalized spacial score (nSPS) is 15.3. The van der Waals surface area contributed by atoms with Gasteiger partial charge in [0.1, 0.15) is 5.82 Å². The minimum atomic E-state index is -4.51. The van der Waals surface area contributed by atoms with E-state index in [1.807, 2.05) is 9.80 Å². The van der Waals surface area contributed by atoms with Gasteiger partial charge in [-0.05, 0) is 12.1 Å². The van der Waals surface area contributed by atoms with E-state index in [1.165, 1.54) is 19.3 Å². The SMILES string of the molecule is CN=C(NCc1cn(C)nc1C(F)(F)F)N1CCN(c2ccccc2F)CC1.I. The zero-order valence-electron chi connectivity index (χ0n) is 16.1. The van der Waals surface area contributed by atoms with Gasteiger partial charge in [-0.25, -0.2) is 4.39 Å². The molecular formula is C18H23F4IN6. The van der Waals surface area contributed by atoms with Gasteiger partial charge in [0.2, 0.25) is 0 Å². The summed E-state index contributed by atoms with van der Waals surface area (Å²) in [4.78, 5) is 8.06. The largest absolute Gasteiger partial charge is 0.435 e. The molecule has 0 saturated carbocycles. The van der Waals surface area contributed by atoms with Gasteiger partial charge in [0.25, 0.3) is 0 Å². The van der Waals surface area contributed by atoms with Crippen LogP contribution in [0.25, 0.3) is 0 Å². The van der Waals surface area contributed by atoms with Crippen LogP contribution >= 0.6 is 24.0 Å². The molecule has 1 aromatic heterocycles. The molecule has 0 aliphatic carbocycles. The summed E-state index contributed by atoms with van der Waals surface area (Å²) in [5.74, 6) is 0.236. The molecule has 2 heterocycles. The topological polar surface area (TPSA) is 48.7 Å². The summed E-state index contributed by atoms with van der Waals surface area (Å²) in [7, 11) is 3.04. The minimum absolute atomic E-state index is 0. The molecule has 1 N–H and O–H groups in total. The quantitative estimate of drug-likeness (QED) is 0.289. The third-order valence-electron chi connectivity index (χ3n) is 4.59. The number of para-hydroxylation sites is 1. The number of nitrogens with zero attached hydrogens (tertiary/aromatic N) is 5. The molecule has 1 fully saturated rings. The predicted octanol–water partition coefficient (Wildman–Crippen LogP) is 3.09.